The van der Waals surface area contributed by atoms with E-state index < -0.39 is 0 Å². The van der Waals surface area contributed by atoms with Crippen LogP contribution in [-0.2, 0) is 13.0 Å². The Morgan fingerprint density at radius 3 is 3.00 bits per heavy atom. The molecule has 3 nitrogen and oxygen atoms in total. The highest BCUT2D eigenvalue weighted by atomic mass is 32.1. The summed E-state index contributed by atoms with van der Waals surface area (Å²) in [6.45, 7) is 2.10. The molecule has 4 heteroatoms. The van der Waals surface area contributed by atoms with Gasteiger partial charge in [-0.2, -0.15) is 0 Å². The summed E-state index contributed by atoms with van der Waals surface area (Å²) in [5.74, 6) is 0.525. The summed E-state index contributed by atoms with van der Waals surface area (Å²) >= 11 is 5.22. The summed E-state index contributed by atoms with van der Waals surface area (Å²) in [6, 6.07) is 6.36. The van der Waals surface area contributed by atoms with Gasteiger partial charge in [0.1, 0.15) is 5.84 Å². The van der Waals surface area contributed by atoms with Crippen LogP contribution in [0.3, 0.4) is 0 Å². The molecule has 0 amide bonds. The van der Waals surface area contributed by atoms with Crippen molar-refractivity contribution in [3.8, 4) is 0 Å². The molecule has 0 aromatic heterocycles. The van der Waals surface area contributed by atoms with Crippen LogP contribution < -0.4 is 5.73 Å². The molecule has 1 heterocycles. The van der Waals surface area contributed by atoms with E-state index in [0.717, 1.165) is 42.1 Å². The summed E-state index contributed by atoms with van der Waals surface area (Å²) < 4.78 is 0. The lowest BCUT2D eigenvalue weighted by atomic mass is 9.99. The number of rotatable bonds is 2. The third kappa shape index (κ3) is 3.28. The number of likely N-dealkylation sites (N-methyl/N-ethyl adjacent to an activating group) is 1. The second-order valence-electron chi connectivity index (χ2n) is 5.61. The molecule has 1 aromatic rings. The molecule has 0 saturated carbocycles. The highest BCUT2D eigenvalue weighted by molar-refractivity contribution is 7.80. The highest BCUT2D eigenvalue weighted by Gasteiger charge is 2.13. The van der Waals surface area contributed by atoms with E-state index in [1.165, 1.54) is 11.1 Å². The van der Waals surface area contributed by atoms with Crippen LogP contribution in [0.5, 0.6) is 0 Å². The highest BCUT2D eigenvalue weighted by Crippen LogP contribution is 2.24. The average Bonchev–Trinajstić information content (AvgIpc) is 2.46. The molecule has 0 saturated heterocycles. The maximum atomic E-state index is 6.11. The van der Waals surface area contributed by atoms with Gasteiger partial charge in [-0.15, -0.1) is 0 Å². The molecule has 1 aromatic carbocycles. The Labute approximate surface area is 130 Å². The molecule has 108 valence electrons. The molecule has 2 aliphatic rings. The van der Waals surface area contributed by atoms with E-state index in [-0.39, 0.29) is 0 Å². The third-order valence-corrected chi connectivity index (χ3v) is 4.16. The van der Waals surface area contributed by atoms with Gasteiger partial charge in [0.15, 0.2) is 0 Å². The van der Waals surface area contributed by atoms with Crippen molar-refractivity contribution in [2.45, 2.75) is 19.4 Å². The number of nitrogens with two attached hydrogens (primary N) is 1. The number of allylic oxidation sites excluding steroid dienone is 2. The van der Waals surface area contributed by atoms with Crippen molar-refractivity contribution in [2.75, 3.05) is 13.6 Å². The van der Waals surface area contributed by atoms with Crippen molar-refractivity contribution in [2.24, 2.45) is 10.7 Å². The Bertz CT molecular complexity index is 671. The van der Waals surface area contributed by atoms with Crippen LogP contribution in [0.1, 0.15) is 17.5 Å². The van der Waals surface area contributed by atoms with Gasteiger partial charge in [0.2, 0.25) is 0 Å². The van der Waals surface area contributed by atoms with Crippen molar-refractivity contribution < 1.29 is 0 Å². The fourth-order valence-electron chi connectivity index (χ4n) is 2.70. The maximum absolute atomic E-state index is 6.11. The minimum Gasteiger partial charge on any atom is -0.383 e. The molecule has 0 atom stereocenters. The fraction of sp³-hybridized carbons (Fsp3) is 0.294. The second-order valence-corrected chi connectivity index (χ2v) is 6.13. The molecule has 0 radical (unpaired) electrons. The lowest BCUT2D eigenvalue weighted by Gasteiger charge is -2.25. The molecule has 0 fully saturated rings. The van der Waals surface area contributed by atoms with Crippen molar-refractivity contribution in [3.05, 3.63) is 53.1 Å². The first-order valence-corrected chi connectivity index (χ1v) is 7.58. The van der Waals surface area contributed by atoms with E-state index in [1.54, 1.807) is 0 Å². The smallest absolute Gasteiger partial charge is 0.131 e. The van der Waals surface area contributed by atoms with E-state index in [9.17, 15) is 0 Å². The van der Waals surface area contributed by atoms with Gasteiger partial charge in [-0.25, -0.2) is 4.99 Å². The lowest BCUT2D eigenvalue weighted by molar-refractivity contribution is 0.313. The molecule has 0 bridgehead atoms. The van der Waals surface area contributed by atoms with E-state index in [4.69, 9.17) is 18.0 Å². The summed E-state index contributed by atoms with van der Waals surface area (Å²) in [7, 11) is 2.14. The molecular weight excluding hydrogens is 278 g/mol. The second kappa shape index (κ2) is 5.92. The zero-order chi connectivity index (χ0) is 14.8. The van der Waals surface area contributed by atoms with Crippen LogP contribution in [0.15, 0.2) is 47.0 Å². The predicted octanol–water partition coefficient (Wildman–Crippen LogP) is 2.92. The Kier molecular flexibility index (Phi) is 3.99. The first-order chi connectivity index (χ1) is 10.1. The zero-order valence-corrected chi connectivity index (χ0v) is 13.0. The number of thiocarbonyl (C=S) groups is 1. The van der Waals surface area contributed by atoms with Gasteiger partial charge < -0.3 is 10.6 Å². The fourth-order valence-corrected chi connectivity index (χ4v) is 2.92. The molecule has 3 rings (SSSR count). The standard InChI is InChI=1S/C17H19N3S/c1-20-8-7-12-5-6-15(9-14(12)11-20)19-17(18)13-3-2-4-16(21)10-13/h2-3,5-6,9-10H,4,7-8,11H2,1H3,(H2,18,19). The zero-order valence-electron chi connectivity index (χ0n) is 12.2. The first kappa shape index (κ1) is 14.2. The Morgan fingerprint density at radius 1 is 1.33 bits per heavy atom. The Hall–Kier alpha value is -1.78. The van der Waals surface area contributed by atoms with Crippen LogP contribution in [0, 0.1) is 0 Å². The van der Waals surface area contributed by atoms with Crippen molar-refractivity contribution in [1.82, 2.24) is 4.90 Å². The number of benzene rings is 1. The molecule has 1 aliphatic heterocycles. The monoisotopic (exact) mass is 297 g/mol. The maximum Gasteiger partial charge on any atom is 0.131 e. The van der Waals surface area contributed by atoms with E-state index in [1.807, 2.05) is 24.3 Å². The van der Waals surface area contributed by atoms with Gasteiger partial charge in [0, 0.05) is 29.9 Å². The molecule has 1 aliphatic carbocycles. The summed E-state index contributed by atoms with van der Waals surface area (Å²) in [5, 5.41) is 0. The molecule has 0 spiro atoms. The predicted molar refractivity (Wildman–Crippen MR) is 92.2 cm³/mol. The van der Waals surface area contributed by atoms with Crippen LogP contribution in [0.25, 0.3) is 0 Å². The topological polar surface area (TPSA) is 41.6 Å². The first-order valence-electron chi connectivity index (χ1n) is 7.18. The van der Waals surface area contributed by atoms with Gasteiger partial charge in [-0.1, -0.05) is 30.4 Å². The van der Waals surface area contributed by atoms with Gasteiger partial charge in [-0.3, -0.25) is 0 Å². The summed E-state index contributed by atoms with van der Waals surface area (Å²) in [4.78, 5) is 7.77. The van der Waals surface area contributed by atoms with Crippen molar-refractivity contribution in [3.63, 3.8) is 0 Å². The quantitative estimate of drug-likeness (QED) is 0.518. The molecule has 0 unspecified atom stereocenters. The van der Waals surface area contributed by atoms with Gasteiger partial charge in [0.05, 0.1) is 5.69 Å². The summed E-state index contributed by atoms with van der Waals surface area (Å²) in [6.07, 6.45) is 7.87. The number of nitrogens with zero attached hydrogens (tertiary/aromatic N) is 2. The molecule has 21 heavy (non-hydrogen) atoms. The number of aliphatic imine (C=N–C) groups is 1. The number of amidine groups is 1. The number of hydrogen-bond donors (Lipinski definition) is 1. The number of hydrogen-bond acceptors (Lipinski definition) is 3. The molecular formula is C17H19N3S. The SMILES string of the molecule is CN1CCc2ccc(N=C(N)C3=CC(=S)CC=C3)cc2C1. The lowest BCUT2D eigenvalue weighted by Crippen LogP contribution is -2.26. The van der Waals surface area contributed by atoms with Crippen LogP contribution in [0.2, 0.25) is 0 Å². The van der Waals surface area contributed by atoms with Crippen LogP contribution in [0.4, 0.5) is 5.69 Å². The Morgan fingerprint density at radius 2 is 2.19 bits per heavy atom. The molecule has 2 N–H and O–H groups in total. The minimum absolute atomic E-state index is 0.525. The van der Waals surface area contributed by atoms with E-state index in [2.05, 4.69) is 29.1 Å². The van der Waals surface area contributed by atoms with Gasteiger partial charge >= 0.3 is 0 Å². The average molecular weight is 297 g/mol. The Balaban J connectivity index is 1.87. The van der Waals surface area contributed by atoms with Gasteiger partial charge in [-0.05, 0) is 42.8 Å². The van der Waals surface area contributed by atoms with Gasteiger partial charge in [0.25, 0.3) is 0 Å². The normalized spacial score (nSPS) is 19.4. The van der Waals surface area contributed by atoms with E-state index in [0.29, 0.717) is 5.84 Å². The number of fused-ring (bicyclic) bond motifs is 1. The van der Waals surface area contributed by atoms with E-state index >= 15 is 0 Å². The largest absolute Gasteiger partial charge is 0.383 e. The van der Waals surface area contributed by atoms with Crippen LogP contribution in [-0.4, -0.2) is 29.2 Å². The van der Waals surface area contributed by atoms with Crippen LogP contribution >= 0.6 is 12.2 Å². The third-order valence-electron chi connectivity index (χ3n) is 3.87. The van der Waals surface area contributed by atoms with Crippen molar-refractivity contribution in [1.29, 1.82) is 0 Å². The van der Waals surface area contributed by atoms with Crippen molar-refractivity contribution >= 4 is 28.6 Å². The summed E-state index contributed by atoms with van der Waals surface area (Å²) in [5.41, 5.74) is 10.7. The minimum atomic E-state index is 0.525.